The molecule has 172 valence electrons. The zero-order chi connectivity index (χ0) is 23.8. The molecule has 0 saturated heterocycles. The summed E-state index contributed by atoms with van der Waals surface area (Å²) < 4.78 is 0. The average molecular weight is 439 g/mol. The van der Waals surface area contributed by atoms with Gasteiger partial charge < -0.3 is 4.90 Å². The lowest BCUT2D eigenvalue weighted by atomic mass is 9.84. The van der Waals surface area contributed by atoms with Gasteiger partial charge in [-0.05, 0) is 51.2 Å². The molecule has 2 aliphatic carbocycles. The van der Waals surface area contributed by atoms with Gasteiger partial charge in [-0.15, -0.1) is 6.58 Å². The number of hydrogen-bond donors (Lipinski definition) is 1. The molecule has 0 heterocycles. The van der Waals surface area contributed by atoms with Crippen molar-refractivity contribution in [2.24, 2.45) is 11.8 Å². The van der Waals surface area contributed by atoms with Crippen LogP contribution in [0.5, 0.6) is 0 Å². The molecule has 2 nitrogen and oxygen atoms in total. The minimum Gasteiger partial charge on any atom is -0.327 e. The van der Waals surface area contributed by atoms with Crippen LogP contribution in [-0.4, -0.2) is 10.7 Å². The van der Waals surface area contributed by atoms with Crippen molar-refractivity contribution in [2.45, 2.75) is 52.5 Å². The van der Waals surface area contributed by atoms with E-state index in [9.17, 15) is 5.41 Å². The largest absolute Gasteiger partial charge is 0.327 e. The van der Waals surface area contributed by atoms with E-state index >= 15 is 0 Å². The highest BCUT2D eigenvalue weighted by Gasteiger charge is 2.29. The van der Waals surface area contributed by atoms with Crippen LogP contribution in [0.3, 0.4) is 0 Å². The van der Waals surface area contributed by atoms with E-state index in [1.54, 1.807) is 0 Å². The Morgan fingerprint density at radius 1 is 1.15 bits per heavy atom. The fraction of sp³-hybridized carbons (Fsp3) is 0.323. The number of amidine groups is 1. The summed E-state index contributed by atoms with van der Waals surface area (Å²) in [5.74, 6) is 0.876. The van der Waals surface area contributed by atoms with E-state index in [1.165, 1.54) is 22.3 Å². The van der Waals surface area contributed by atoms with E-state index in [-0.39, 0.29) is 17.9 Å². The van der Waals surface area contributed by atoms with Crippen LogP contribution in [0.4, 0.5) is 0 Å². The summed E-state index contributed by atoms with van der Waals surface area (Å²) in [6.07, 6.45) is 25.1. The topological polar surface area (TPSA) is 27.1 Å². The Kier molecular flexibility index (Phi) is 8.65. The van der Waals surface area contributed by atoms with E-state index in [0.717, 1.165) is 25.0 Å². The van der Waals surface area contributed by atoms with E-state index in [1.807, 2.05) is 6.08 Å². The quantitative estimate of drug-likeness (QED) is 0.259. The highest BCUT2D eigenvalue weighted by molar-refractivity contribution is 5.84. The lowest BCUT2D eigenvalue weighted by molar-refractivity contribution is 0.355. The molecule has 1 aromatic rings. The van der Waals surface area contributed by atoms with Crippen LogP contribution in [0.1, 0.15) is 55.3 Å². The van der Waals surface area contributed by atoms with Gasteiger partial charge in [0.15, 0.2) is 0 Å². The van der Waals surface area contributed by atoms with Crippen LogP contribution in [0.15, 0.2) is 103 Å². The van der Waals surface area contributed by atoms with Crippen LogP contribution >= 0.6 is 0 Å². The van der Waals surface area contributed by atoms with Crippen LogP contribution in [-0.2, 0) is 0 Å². The third-order valence-corrected chi connectivity index (χ3v) is 6.64. The van der Waals surface area contributed by atoms with Crippen LogP contribution < -0.4 is 0 Å². The number of allylic oxidation sites excluding steroid dienone is 10. The van der Waals surface area contributed by atoms with Crippen LogP contribution in [0.2, 0.25) is 0 Å². The predicted octanol–water partition coefficient (Wildman–Crippen LogP) is 8.31. The number of rotatable bonds is 7. The summed E-state index contributed by atoms with van der Waals surface area (Å²) >= 11 is 0. The molecular formula is C31H38N2. The summed E-state index contributed by atoms with van der Waals surface area (Å²) in [4.78, 5) is 2.17. The summed E-state index contributed by atoms with van der Waals surface area (Å²) in [5, 5.41) is 9.25. The van der Waals surface area contributed by atoms with Crippen molar-refractivity contribution < 1.29 is 0 Å². The SMILES string of the molecule is C=CC1C=CC=CC1C(=C)N(C(=N)C/C1=C/C=C\CC=CCC1)C(C)c1cc(C)ccc1C. The van der Waals surface area contributed by atoms with Crippen LogP contribution in [0.25, 0.3) is 0 Å². The first-order valence-electron chi connectivity index (χ1n) is 12.0. The van der Waals surface area contributed by atoms with Crippen molar-refractivity contribution in [3.63, 3.8) is 0 Å². The van der Waals surface area contributed by atoms with Gasteiger partial charge >= 0.3 is 0 Å². The van der Waals surface area contributed by atoms with Gasteiger partial charge in [-0.1, -0.05) is 96.7 Å². The number of benzene rings is 1. The number of nitrogens with zero attached hydrogens (tertiary/aromatic N) is 1. The molecule has 3 atom stereocenters. The maximum absolute atomic E-state index is 9.25. The first kappa shape index (κ1) is 24.5. The Morgan fingerprint density at radius 3 is 2.73 bits per heavy atom. The van der Waals surface area contributed by atoms with Crippen molar-refractivity contribution in [1.29, 1.82) is 5.41 Å². The molecular weight excluding hydrogens is 400 g/mol. The molecule has 0 amide bonds. The molecule has 33 heavy (non-hydrogen) atoms. The van der Waals surface area contributed by atoms with Gasteiger partial charge in [0.1, 0.15) is 5.84 Å². The Balaban J connectivity index is 1.96. The van der Waals surface area contributed by atoms with Gasteiger partial charge in [-0.2, -0.15) is 0 Å². The smallest absolute Gasteiger partial charge is 0.105 e. The predicted molar refractivity (Wildman–Crippen MR) is 143 cm³/mol. The van der Waals surface area contributed by atoms with E-state index in [4.69, 9.17) is 0 Å². The molecule has 0 aromatic heterocycles. The second-order valence-electron chi connectivity index (χ2n) is 9.13. The molecule has 2 heteroatoms. The monoisotopic (exact) mass is 438 g/mol. The molecule has 0 aliphatic heterocycles. The zero-order valence-electron chi connectivity index (χ0n) is 20.4. The average Bonchev–Trinajstić information content (AvgIpc) is 2.94. The van der Waals surface area contributed by atoms with E-state index in [0.29, 0.717) is 12.3 Å². The molecule has 0 fully saturated rings. The van der Waals surface area contributed by atoms with Crippen molar-refractivity contribution in [3.05, 3.63) is 120 Å². The van der Waals surface area contributed by atoms with Crippen molar-refractivity contribution in [3.8, 4) is 0 Å². The third-order valence-electron chi connectivity index (χ3n) is 6.64. The van der Waals surface area contributed by atoms with Crippen molar-refractivity contribution in [1.82, 2.24) is 4.90 Å². The third kappa shape index (κ3) is 6.22. The van der Waals surface area contributed by atoms with Gasteiger partial charge in [0.25, 0.3) is 0 Å². The molecule has 0 radical (unpaired) electrons. The number of nitrogens with one attached hydrogen (secondary N) is 1. The Morgan fingerprint density at radius 2 is 1.94 bits per heavy atom. The summed E-state index contributed by atoms with van der Waals surface area (Å²) in [6.45, 7) is 15.1. The van der Waals surface area contributed by atoms with Gasteiger partial charge in [0, 0.05) is 24.0 Å². The second-order valence-corrected chi connectivity index (χ2v) is 9.13. The first-order chi connectivity index (χ1) is 15.9. The van der Waals surface area contributed by atoms with Gasteiger partial charge in [-0.25, -0.2) is 0 Å². The summed E-state index contributed by atoms with van der Waals surface area (Å²) in [7, 11) is 0. The highest BCUT2D eigenvalue weighted by Crippen LogP contribution is 2.36. The van der Waals surface area contributed by atoms with Gasteiger partial charge in [-0.3, -0.25) is 5.41 Å². The van der Waals surface area contributed by atoms with Crippen LogP contribution in [0, 0.1) is 31.1 Å². The second kappa shape index (κ2) is 11.7. The molecule has 1 aromatic carbocycles. The highest BCUT2D eigenvalue weighted by atomic mass is 15.2. The minimum absolute atomic E-state index is 0.0158. The fourth-order valence-electron chi connectivity index (χ4n) is 4.72. The normalized spacial score (nSPS) is 23.4. The van der Waals surface area contributed by atoms with Crippen molar-refractivity contribution >= 4 is 5.84 Å². The Labute approximate surface area is 200 Å². The Bertz CT molecular complexity index is 1030. The molecule has 0 saturated carbocycles. The van der Waals surface area contributed by atoms with E-state index in [2.05, 4.69) is 112 Å². The van der Waals surface area contributed by atoms with Gasteiger partial charge in [0.05, 0.1) is 6.04 Å². The van der Waals surface area contributed by atoms with E-state index < -0.39 is 0 Å². The molecule has 2 aliphatic rings. The number of hydrogen-bond acceptors (Lipinski definition) is 1. The molecule has 3 unspecified atom stereocenters. The summed E-state index contributed by atoms with van der Waals surface area (Å²) in [6, 6.07) is 6.60. The fourth-order valence-corrected chi connectivity index (χ4v) is 4.72. The maximum Gasteiger partial charge on any atom is 0.105 e. The first-order valence-corrected chi connectivity index (χ1v) is 12.0. The standard InChI is InChI=1S/C31H38N2/c1-6-28-17-13-14-18-29(28)25(4)33(26(5)30-21-23(2)19-20-24(30)3)31(32)22-27-15-11-9-7-8-10-12-16-27/h6-7,9-10,12-14,16-21,26,28-29,32H,1,4,8,11,15,22H2,2-3,5H3/b9-7?,12-10-,27-16+,32-31?. The lowest BCUT2D eigenvalue weighted by Crippen LogP contribution is -2.36. The number of aryl methyl sites for hydroxylation is 2. The Hall–Kier alpha value is -3.13. The minimum atomic E-state index is 0.0158. The van der Waals surface area contributed by atoms with Crippen molar-refractivity contribution in [2.75, 3.05) is 0 Å². The molecule has 3 rings (SSSR count). The maximum atomic E-state index is 9.25. The summed E-state index contributed by atoms with van der Waals surface area (Å²) in [5.41, 5.74) is 5.97. The lowest BCUT2D eigenvalue weighted by Gasteiger charge is -2.39. The van der Waals surface area contributed by atoms with Gasteiger partial charge in [0.2, 0.25) is 0 Å². The molecule has 0 spiro atoms. The molecule has 0 bridgehead atoms. The molecule has 1 N–H and O–H groups in total. The zero-order valence-corrected chi connectivity index (χ0v) is 20.4.